The molecule has 0 radical (unpaired) electrons. The minimum atomic E-state index is -0.858. The molecule has 0 aromatic heterocycles. The quantitative estimate of drug-likeness (QED) is 0.922. The third kappa shape index (κ3) is 2.95. The molecule has 3 rings (SSSR count). The summed E-state index contributed by atoms with van der Waals surface area (Å²) in [6.07, 6.45) is 1.55. The van der Waals surface area contributed by atoms with Crippen molar-refractivity contribution in [2.75, 3.05) is 26.3 Å². The van der Waals surface area contributed by atoms with Gasteiger partial charge in [-0.1, -0.05) is 12.1 Å². The van der Waals surface area contributed by atoms with Gasteiger partial charge in [-0.2, -0.15) is 0 Å². The van der Waals surface area contributed by atoms with E-state index < -0.39 is 17.3 Å². The molecular weight excluding hydrogens is 301 g/mol. The smallest absolute Gasteiger partial charge is 0.308 e. The Hall–Kier alpha value is -1.95. The molecule has 0 bridgehead atoms. The first kappa shape index (κ1) is 15.9. The Morgan fingerprint density at radius 3 is 2.43 bits per heavy atom. The van der Waals surface area contributed by atoms with Crippen molar-refractivity contribution in [2.24, 2.45) is 5.92 Å². The highest BCUT2D eigenvalue weighted by molar-refractivity contribution is 5.89. The molecule has 2 aliphatic rings. The summed E-state index contributed by atoms with van der Waals surface area (Å²) >= 11 is 0. The summed E-state index contributed by atoms with van der Waals surface area (Å²) in [5.41, 5.74) is 0.0465. The Morgan fingerprint density at radius 1 is 1.22 bits per heavy atom. The molecule has 1 atom stereocenters. The SMILES string of the molecule is O=C(O)[C@H]1CCN(C(=O)C2(c3ccc(F)cc3)CCOCC2)C1. The van der Waals surface area contributed by atoms with Crippen molar-refractivity contribution >= 4 is 11.9 Å². The molecule has 6 heteroatoms. The highest BCUT2D eigenvalue weighted by Gasteiger charge is 2.46. The van der Waals surface area contributed by atoms with Gasteiger partial charge >= 0.3 is 5.97 Å². The number of halogens is 1. The van der Waals surface area contributed by atoms with Gasteiger partial charge in [0.05, 0.1) is 11.3 Å². The van der Waals surface area contributed by atoms with Gasteiger partial charge in [-0.15, -0.1) is 0 Å². The van der Waals surface area contributed by atoms with E-state index >= 15 is 0 Å². The molecule has 2 heterocycles. The van der Waals surface area contributed by atoms with Gasteiger partial charge in [-0.3, -0.25) is 9.59 Å². The van der Waals surface area contributed by atoms with Gasteiger partial charge in [0, 0.05) is 26.3 Å². The Morgan fingerprint density at radius 2 is 1.87 bits per heavy atom. The number of carboxylic acids is 1. The normalized spacial score (nSPS) is 23.7. The number of nitrogens with zero attached hydrogens (tertiary/aromatic N) is 1. The molecule has 1 amide bonds. The van der Waals surface area contributed by atoms with Crippen LogP contribution in [0.3, 0.4) is 0 Å². The average Bonchev–Trinajstić information content (AvgIpc) is 3.05. The number of hydrogen-bond donors (Lipinski definition) is 1. The number of amides is 1. The monoisotopic (exact) mass is 321 g/mol. The molecule has 2 aliphatic heterocycles. The van der Waals surface area contributed by atoms with Gasteiger partial charge in [0.1, 0.15) is 5.82 Å². The van der Waals surface area contributed by atoms with E-state index in [-0.39, 0.29) is 18.3 Å². The third-order valence-electron chi connectivity index (χ3n) is 4.98. The van der Waals surface area contributed by atoms with Crippen LogP contribution in [0.2, 0.25) is 0 Å². The molecule has 2 saturated heterocycles. The van der Waals surface area contributed by atoms with Gasteiger partial charge in [0.2, 0.25) is 5.91 Å². The highest BCUT2D eigenvalue weighted by Crippen LogP contribution is 2.38. The number of likely N-dealkylation sites (tertiary alicyclic amines) is 1. The Kier molecular flexibility index (Phi) is 4.35. The second kappa shape index (κ2) is 6.28. The highest BCUT2D eigenvalue weighted by atomic mass is 19.1. The fourth-order valence-electron chi connectivity index (χ4n) is 3.56. The zero-order valence-corrected chi connectivity index (χ0v) is 12.8. The van der Waals surface area contributed by atoms with Crippen LogP contribution in [0.15, 0.2) is 24.3 Å². The summed E-state index contributed by atoms with van der Waals surface area (Å²) in [6.45, 7) is 1.65. The molecule has 5 nitrogen and oxygen atoms in total. The van der Waals surface area contributed by atoms with Crippen LogP contribution in [-0.4, -0.2) is 48.2 Å². The lowest BCUT2D eigenvalue weighted by molar-refractivity contribution is -0.143. The summed E-state index contributed by atoms with van der Waals surface area (Å²) in [5, 5.41) is 9.14. The summed E-state index contributed by atoms with van der Waals surface area (Å²) in [4.78, 5) is 25.9. The van der Waals surface area contributed by atoms with E-state index in [1.54, 1.807) is 17.0 Å². The lowest BCUT2D eigenvalue weighted by atomic mass is 9.73. The van der Waals surface area contributed by atoms with Crippen LogP contribution in [0.4, 0.5) is 4.39 Å². The first-order valence-corrected chi connectivity index (χ1v) is 7.89. The zero-order valence-electron chi connectivity index (χ0n) is 12.8. The van der Waals surface area contributed by atoms with Crippen LogP contribution in [0.1, 0.15) is 24.8 Å². The molecule has 1 aromatic carbocycles. The molecule has 0 unspecified atom stereocenters. The van der Waals surface area contributed by atoms with Crippen molar-refractivity contribution < 1.29 is 23.8 Å². The fraction of sp³-hybridized carbons (Fsp3) is 0.529. The molecule has 1 aromatic rings. The predicted molar refractivity (Wildman–Crippen MR) is 80.5 cm³/mol. The number of benzene rings is 1. The molecule has 0 saturated carbocycles. The third-order valence-corrected chi connectivity index (χ3v) is 4.98. The van der Waals surface area contributed by atoms with Gasteiger partial charge < -0.3 is 14.7 Å². The van der Waals surface area contributed by atoms with Crippen molar-refractivity contribution in [2.45, 2.75) is 24.7 Å². The fourth-order valence-corrected chi connectivity index (χ4v) is 3.56. The van der Waals surface area contributed by atoms with Crippen LogP contribution in [-0.2, 0) is 19.7 Å². The molecule has 0 spiro atoms. The maximum Gasteiger partial charge on any atom is 0.308 e. The van der Waals surface area contributed by atoms with Gasteiger partial charge in [-0.25, -0.2) is 4.39 Å². The van der Waals surface area contributed by atoms with E-state index in [2.05, 4.69) is 0 Å². The van der Waals surface area contributed by atoms with E-state index in [0.29, 0.717) is 39.0 Å². The number of hydrogen-bond acceptors (Lipinski definition) is 3. The predicted octanol–water partition coefficient (Wildman–Crippen LogP) is 1.81. The van der Waals surface area contributed by atoms with Crippen molar-refractivity contribution in [3.05, 3.63) is 35.6 Å². The lowest BCUT2D eigenvalue weighted by Crippen LogP contribution is -2.49. The van der Waals surface area contributed by atoms with Gasteiger partial charge in [0.25, 0.3) is 0 Å². The lowest BCUT2D eigenvalue weighted by Gasteiger charge is -2.39. The van der Waals surface area contributed by atoms with Crippen LogP contribution >= 0.6 is 0 Å². The number of carbonyl (C=O) groups excluding carboxylic acids is 1. The van der Waals surface area contributed by atoms with Crippen molar-refractivity contribution in [3.8, 4) is 0 Å². The second-order valence-corrected chi connectivity index (χ2v) is 6.28. The Bertz CT molecular complexity index is 595. The molecule has 23 heavy (non-hydrogen) atoms. The first-order valence-electron chi connectivity index (χ1n) is 7.89. The van der Waals surface area contributed by atoms with E-state index in [9.17, 15) is 14.0 Å². The standard InChI is InChI=1S/C17H20FNO4/c18-14-3-1-13(2-4-14)17(6-9-23-10-7-17)16(22)19-8-5-12(11-19)15(20)21/h1-4,12H,5-11H2,(H,20,21)/t12-/m0/s1. The van der Waals surface area contributed by atoms with E-state index in [1.165, 1.54) is 12.1 Å². The summed E-state index contributed by atoms with van der Waals surface area (Å²) < 4.78 is 18.6. The number of aliphatic carboxylic acids is 1. The maximum atomic E-state index is 13.2. The molecule has 1 N–H and O–H groups in total. The molecule has 0 aliphatic carbocycles. The van der Waals surface area contributed by atoms with Crippen LogP contribution in [0.25, 0.3) is 0 Å². The van der Waals surface area contributed by atoms with Gasteiger partial charge in [0.15, 0.2) is 0 Å². The van der Waals surface area contributed by atoms with Crippen molar-refractivity contribution in [1.82, 2.24) is 4.90 Å². The van der Waals surface area contributed by atoms with Crippen LogP contribution in [0, 0.1) is 11.7 Å². The minimum absolute atomic E-state index is 0.0591. The number of ether oxygens (including phenoxy) is 1. The largest absolute Gasteiger partial charge is 0.481 e. The number of carbonyl (C=O) groups is 2. The van der Waals surface area contributed by atoms with E-state index in [4.69, 9.17) is 9.84 Å². The van der Waals surface area contributed by atoms with Crippen LogP contribution in [0.5, 0.6) is 0 Å². The topological polar surface area (TPSA) is 66.8 Å². The Labute approximate surface area is 134 Å². The van der Waals surface area contributed by atoms with E-state index in [0.717, 1.165) is 5.56 Å². The average molecular weight is 321 g/mol. The van der Waals surface area contributed by atoms with Crippen LogP contribution < -0.4 is 0 Å². The summed E-state index contributed by atoms with van der Waals surface area (Å²) in [5.74, 6) is -1.75. The molecule has 2 fully saturated rings. The molecular formula is C17H20FNO4. The first-order chi connectivity index (χ1) is 11.0. The van der Waals surface area contributed by atoms with E-state index in [1.807, 2.05) is 0 Å². The molecule has 124 valence electrons. The summed E-state index contributed by atoms with van der Waals surface area (Å²) in [6, 6.07) is 6.04. The number of carboxylic acid groups (broad SMARTS) is 1. The van der Waals surface area contributed by atoms with Crippen molar-refractivity contribution in [3.63, 3.8) is 0 Å². The number of rotatable bonds is 3. The van der Waals surface area contributed by atoms with Crippen molar-refractivity contribution in [1.29, 1.82) is 0 Å². The Balaban J connectivity index is 1.88. The summed E-state index contributed by atoms with van der Waals surface area (Å²) in [7, 11) is 0. The minimum Gasteiger partial charge on any atom is -0.481 e. The van der Waals surface area contributed by atoms with Gasteiger partial charge in [-0.05, 0) is 37.0 Å². The zero-order chi connectivity index (χ0) is 16.4. The maximum absolute atomic E-state index is 13.2. The second-order valence-electron chi connectivity index (χ2n) is 6.28.